The second-order valence-electron chi connectivity index (χ2n) is 9.42. The summed E-state index contributed by atoms with van der Waals surface area (Å²) in [5.74, 6) is 0.297. The normalized spacial score (nSPS) is 14.1. The third-order valence-electron chi connectivity index (χ3n) is 5.88. The summed E-state index contributed by atoms with van der Waals surface area (Å²) in [4.78, 5) is 35.1. The van der Waals surface area contributed by atoms with E-state index in [1.165, 1.54) is 24.4 Å². The number of ether oxygens (including phenoxy) is 1. The lowest BCUT2D eigenvalue weighted by Crippen LogP contribution is -2.33. The maximum absolute atomic E-state index is 13.8. The van der Waals surface area contributed by atoms with Gasteiger partial charge in [0.2, 0.25) is 5.91 Å². The van der Waals surface area contributed by atoms with Crippen LogP contribution in [0.3, 0.4) is 0 Å². The molecule has 1 amide bonds. The van der Waals surface area contributed by atoms with Crippen molar-refractivity contribution < 1.29 is 22.7 Å². The zero-order valence-corrected chi connectivity index (χ0v) is 19.3. The Bertz CT molecular complexity index is 1300. The van der Waals surface area contributed by atoms with Crippen molar-refractivity contribution in [2.45, 2.75) is 39.3 Å². The van der Waals surface area contributed by atoms with Crippen LogP contribution in [0.15, 0.2) is 47.4 Å². The predicted octanol–water partition coefficient (Wildman–Crippen LogP) is 4.36. The van der Waals surface area contributed by atoms with Gasteiger partial charge in [-0.05, 0) is 55.0 Å². The van der Waals surface area contributed by atoms with Gasteiger partial charge in [0.1, 0.15) is 11.6 Å². The zero-order valence-electron chi connectivity index (χ0n) is 19.3. The Kier molecular flexibility index (Phi) is 6.40. The van der Waals surface area contributed by atoms with Gasteiger partial charge in [-0.1, -0.05) is 19.9 Å². The molecule has 2 aromatic heterocycles. The molecule has 35 heavy (non-hydrogen) atoms. The number of carbonyl (C=O) groups is 1. The first-order valence-electron chi connectivity index (χ1n) is 11.1. The van der Waals surface area contributed by atoms with E-state index in [-0.39, 0.29) is 23.5 Å². The van der Waals surface area contributed by atoms with E-state index in [0.29, 0.717) is 29.5 Å². The molecule has 0 saturated heterocycles. The average molecular weight is 486 g/mol. The zero-order chi connectivity index (χ0) is 25.4. The summed E-state index contributed by atoms with van der Waals surface area (Å²) in [6, 6.07) is 7.94. The molecule has 4 rings (SSSR count). The van der Waals surface area contributed by atoms with E-state index in [2.05, 4.69) is 15.0 Å². The van der Waals surface area contributed by atoms with Gasteiger partial charge < -0.3 is 15.5 Å². The fourth-order valence-electron chi connectivity index (χ4n) is 3.57. The standard InChI is InChI=1S/C25H25F3N4O3/c1-24(2,23(29)34)11-15-5-7-18(25(26,27)28)17(9-15)22-31-20(10-21(33)32-22)19-8-6-16(12-30-19)35-13-14-3-4-14/h5-10,12,14H,3-4,11,13H2,1-2H3,(H2,29,34)(H,31,32,33). The van der Waals surface area contributed by atoms with Crippen molar-refractivity contribution in [3.8, 4) is 28.5 Å². The highest BCUT2D eigenvalue weighted by atomic mass is 19.4. The third kappa shape index (κ3) is 5.87. The molecule has 0 spiro atoms. The Morgan fingerprint density at radius 3 is 2.49 bits per heavy atom. The van der Waals surface area contributed by atoms with Crippen LogP contribution < -0.4 is 16.0 Å². The van der Waals surface area contributed by atoms with Crippen molar-refractivity contribution in [2.24, 2.45) is 17.1 Å². The Morgan fingerprint density at radius 2 is 1.89 bits per heavy atom. The number of hydrogen-bond donors (Lipinski definition) is 2. The number of aromatic amines is 1. The molecule has 3 aromatic rings. The number of nitrogens with zero attached hydrogens (tertiary/aromatic N) is 2. The number of halogens is 3. The van der Waals surface area contributed by atoms with Gasteiger partial charge >= 0.3 is 6.18 Å². The molecule has 1 fully saturated rings. The molecule has 3 N–H and O–H groups in total. The molecule has 7 nitrogen and oxygen atoms in total. The number of alkyl halides is 3. The van der Waals surface area contributed by atoms with E-state index in [1.54, 1.807) is 26.0 Å². The summed E-state index contributed by atoms with van der Waals surface area (Å²) in [6.45, 7) is 3.83. The molecule has 0 atom stereocenters. The van der Waals surface area contributed by atoms with Crippen LogP contribution in [-0.2, 0) is 17.4 Å². The van der Waals surface area contributed by atoms with Gasteiger partial charge in [0.05, 0.1) is 29.8 Å². The predicted molar refractivity (Wildman–Crippen MR) is 123 cm³/mol. The second kappa shape index (κ2) is 9.16. The number of carbonyl (C=O) groups excluding carboxylic acids is 1. The summed E-state index contributed by atoms with van der Waals surface area (Å²) < 4.78 is 47.1. The van der Waals surface area contributed by atoms with Crippen molar-refractivity contribution in [3.63, 3.8) is 0 Å². The van der Waals surface area contributed by atoms with Gasteiger partial charge in [0.25, 0.3) is 5.56 Å². The van der Waals surface area contributed by atoms with Crippen molar-refractivity contribution in [3.05, 3.63) is 64.1 Å². The van der Waals surface area contributed by atoms with Crippen LogP contribution in [0.5, 0.6) is 5.75 Å². The summed E-state index contributed by atoms with van der Waals surface area (Å²) in [6.07, 6.45) is -0.798. The molecule has 0 unspecified atom stereocenters. The van der Waals surface area contributed by atoms with Gasteiger partial charge in [-0.3, -0.25) is 14.6 Å². The van der Waals surface area contributed by atoms with Crippen LogP contribution in [-0.4, -0.2) is 27.5 Å². The topological polar surface area (TPSA) is 111 Å². The maximum atomic E-state index is 13.8. The van der Waals surface area contributed by atoms with E-state index in [9.17, 15) is 22.8 Å². The minimum Gasteiger partial charge on any atom is -0.492 e. The van der Waals surface area contributed by atoms with Gasteiger partial charge in [0, 0.05) is 17.0 Å². The van der Waals surface area contributed by atoms with Crippen LogP contribution >= 0.6 is 0 Å². The van der Waals surface area contributed by atoms with Crippen molar-refractivity contribution >= 4 is 5.91 Å². The smallest absolute Gasteiger partial charge is 0.417 e. The highest BCUT2D eigenvalue weighted by molar-refractivity contribution is 5.80. The molecule has 2 heterocycles. The highest BCUT2D eigenvalue weighted by Crippen LogP contribution is 2.37. The largest absolute Gasteiger partial charge is 0.492 e. The molecule has 1 saturated carbocycles. The molecule has 10 heteroatoms. The molecule has 0 aliphatic heterocycles. The van der Waals surface area contributed by atoms with Crippen molar-refractivity contribution in [1.29, 1.82) is 0 Å². The molecule has 1 aliphatic rings. The lowest BCUT2D eigenvalue weighted by molar-refractivity contribution is -0.137. The number of rotatable bonds is 8. The number of nitrogens with one attached hydrogen (secondary N) is 1. The van der Waals surface area contributed by atoms with E-state index < -0.39 is 28.6 Å². The fourth-order valence-corrected chi connectivity index (χ4v) is 3.57. The monoisotopic (exact) mass is 486 g/mol. The van der Waals surface area contributed by atoms with Gasteiger partial charge in [-0.25, -0.2) is 4.98 Å². The van der Waals surface area contributed by atoms with E-state index >= 15 is 0 Å². The molecule has 1 aromatic carbocycles. The summed E-state index contributed by atoms with van der Waals surface area (Å²) in [5, 5.41) is 0. The van der Waals surface area contributed by atoms with Crippen LogP contribution in [0, 0.1) is 11.3 Å². The lowest BCUT2D eigenvalue weighted by Gasteiger charge is -2.21. The quantitative estimate of drug-likeness (QED) is 0.492. The number of nitrogens with two attached hydrogens (primary N) is 1. The summed E-state index contributed by atoms with van der Waals surface area (Å²) in [5.41, 5.74) is 3.43. The van der Waals surface area contributed by atoms with Gasteiger partial charge in [-0.2, -0.15) is 13.2 Å². The van der Waals surface area contributed by atoms with E-state index in [0.717, 1.165) is 18.9 Å². The number of amides is 1. The minimum absolute atomic E-state index is 0.112. The molecule has 184 valence electrons. The third-order valence-corrected chi connectivity index (χ3v) is 5.88. The fraction of sp³-hybridized carbons (Fsp3) is 0.360. The second-order valence-corrected chi connectivity index (χ2v) is 9.42. The van der Waals surface area contributed by atoms with Crippen LogP contribution in [0.2, 0.25) is 0 Å². The summed E-state index contributed by atoms with van der Waals surface area (Å²) in [7, 11) is 0. The number of primary amides is 1. The lowest BCUT2D eigenvalue weighted by atomic mass is 9.84. The number of pyridine rings is 1. The van der Waals surface area contributed by atoms with Crippen LogP contribution in [0.4, 0.5) is 13.2 Å². The Hall–Kier alpha value is -3.69. The number of aromatic nitrogens is 3. The van der Waals surface area contributed by atoms with Gasteiger partial charge in [0.15, 0.2) is 0 Å². The molecular formula is C25H25F3N4O3. The van der Waals surface area contributed by atoms with Crippen molar-refractivity contribution in [2.75, 3.05) is 6.61 Å². The minimum atomic E-state index is -4.69. The van der Waals surface area contributed by atoms with E-state index in [1.807, 2.05) is 0 Å². The SMILES string of the molecule is CC(C)(Cc1ccc(C(F)(F)F)c(-c2nc(-c3ccc(OCC4CC4)cn3)cc(=O)[nH]2)c1)C(N)=O. The van der Waals surface area contributed by atoms with Gasteiger partial charge in [-0.15, -0.1) is 0 Å². The van der Waals surface area contributed by atoms with Crippen LogP contribution in [0.1, 0.15) is 37.8 Å². The first-order valence-corrected chi connectivity index (χ1v) is 11.1. The first kappa shape index (κ1) is 24.4. The Labute approximate surface area is 199 Å². The Balaban J connectivity index is 1.72. The number of H-pyrrole nitrogens is 1. The molecule has 0 bridgehead atoms. The van der Waals surface area contributed by atoms with E-state index in [4.69, 9.17) is 10.5 Å². The number of hydrogen-bond acceptors (Lipinski definition) is 5. The highest BCUT2D eigenvalue weighted by Gasteiger charge is 2.35. The molecular weight excluding hydrogens is 461 g/mol. The van der Waals surface area contributed by atoms with Crippen LogP contribution in [0.25, 0.3) is 22.8 Å². The molecule has 0 radical (unpaired) electrons. The maximum Gasteiger partial charge on any atom is 0.417 e. The van der Waals surface area contributed by atoms with Crippen molar-refractivity contribution in [1.82, 2.24) is 15.0 Å². The summed E-state index contributed by atoms with van der Waals surface area (Å²) >= 11 is 0. The Morgan fingerprint density at radius 1 is 1.14 bits per heavy atom. The average Bonchev–Trinajstić information content (AvgIpc) is 3.61. The molecule has 1 aliphatic carbocycles. The first-order chi connectivity index (χ1) is 16.4. The number of benzene rings is 1.